The number of tetrazole rings is 1. The van der Waals surface area contributed by atoms with Gasteiger partial charge in [0.1, 0.15) is 0 Å². The summed E-state index contributed by atoms with van der Waals surface area (Å²) in [6.07, 6.45) is 0. The topological polar surface area (TPSA) is 96.5 Å². The van der Waals surface area contributed by atoms with Crippen molar-refractivity contribution in [3.8, 4) is 11.8 Å². The van der Waals surface area contributed by atoms with Crippen LogP contribution in [0.3, 0.4) is 0 Å². The predicted molar refractivity (Wildman–Crippen MR) is 111 cm³/mol. The summed E-state index contributed by atoms with van der Waals surface area (Å²) in [5.74, 6) is 0.333. The minimum Gasteiger partial charge on any atom is -0.324 e. The number of carbonyl (C=O) groups is 1. The van der Waals surface area contributed by atoms with Crippen molar-refractivity contribution in [2.45, 2.75) is 23.9 Å². The third-order valence-corrected chi connectivity index (χ3v) is 5.82. The molecule has 1 heterocycles. The molecule has 1 aromatic heterocycles. The molecular formula is C19H18N6OS2. The number of aryl methyl sites for hydroxylation is 2. The van der Waals surface area contributed by atoms with Gasteiger partial charge in [0.25, 0.3) is 0 Å². The number of para-hydroxylation sites is 1. The standard InChI is InChI=1S/C19H18N6OS2/c1-13-7-8-15(11-14(13)2)25-19(22-23-24-25)28-12-18(26)21-16-5-3-4-6-17(16)27-10-9-20/h3-8,11H,10,12H2,1-2H3,(H,21,26). The van der Waals surface area contributed by atoms with Crippen LogP contribution in [-0.4, -0.2) is 37.6 Å². The van der Waals surface area contributed by atoms with E-state index >= 15 is 0 Å². The van der Waals surface area contributed by atoms with Gasteiger partial charge >= 0.3 is 0 Å². The van der Waals surface area contributed by atoms with Gasteiger partial charge in [-0.2, -0.15) is 9.94 Å². The number of benzene rings is 2. The monoisotopic (exact) mass is 410 g/mol. The van der Waals surface area contributed by atoms with E-state index in [9.17, 15) is 4.79 Å². The van der Waals surface area contributed by atoms with Crippen LogP contribution in [-0.2, 0) is 4.79 Å². The number of anilines is 1. The van der Waals surface area contributed by atoms with Crippen molar-refractivity contribution >= 4 is 35.1 Å². The molecule has 0 spiro atoms. The largest absolute Gasteiger partial charge is 0.324 e. The Morgan fingerprint density at radius 3 is 2.79 bits per heavy atom. The Hall–Kier alpha value is -2.83. The second-order valence-corrected chi connectivity index (χ2v) is 7.88. The van der Waals surface area contributed by atoms with Crippen molar-refractivity contribution in [3.05, 3.63) is 53.6 Å². The smallest absolute Gasteiger partial charge is 0.234 e. The number of hydrogen-bond donors (Lipinski definition) is 1. The zero-order valence-electron chi connectivity index (χ0n) is 15.4. The van der Waals surface area contributed by atoms with E-state index in [1.54, 1.807) is 4.68 Å². The van der Waals surface area contributed by atoms with E-state index in [0.29, 0.717) is 16.6 Å². The third kappa shape index (κ3) is 4.91. The van der Waals surface area contributed by atoms with Gasteiger partial charge in [0, 0.05) is 4.90 Å². The fourth-order valence-corrected chi connectivity index (χ4v) is 3.77. The normalized spacial score (nSPS) is 10.5. The molecule has 9 heteroatoms. The van der Waals surface area contributed by atoms with Crippen molar-refractivity contribution in [3.63, 3.8) is 0 Å². The van der Waals surface area contributed by atoms with Crippen LogP contribution in [0.15, 0.2) is 52.5 Å². The highest BCUT2D eigenvalue weighted by atomic mass is 32.2. The van der Waals surface area contributed by atoms with Gasteiger partial charge in [-0.1, -0.05) is 30.0 Å². The summed E-state index contributed by atoms with van der Waals surface area (Å²) in [6.45, 7) is 4.08. The lowest BCUT2D eigenvalue weighted by atomic mass is 10.1. The quantitative estimate of drug-likeness (QED) is 0.594. The number of hydrogen-bond acceptors (Lipinski definition) is 7. The summed E-state index contributed by atoms with van der Waals surface area (Å²) in [5, 5.41) is 24.0. The molecule has 0 bridgehead atoms. The zero-order valence-corrected chi connectivity index (χ0v) is 17.0. The average Bonchev–Trinajstić information content (AvgIpc) is 3.16. The van der Waals surface area contributed by atoms with Crippen molar-refractivity contribution in [2.24, 2.45) is 0 Å². The molecule has 0 aliphatic heterocycles. The number of aromatic nitrogens is 4. The maximum Gasteiger partial charge on any atom is 0.234 e. The van der Waals surface area contributed by atoms with E-state index < -0.39 is 0 Å². The molecule has 0 saturated heterocycles. The number of nitriles is 1. The van der Waals surface area contributed by atoms with E-state index in [-0.39, 0.29) is 11.7 Å². The molecule has 2 aromatic carbocycles. The first-order valence-corrected chi connectivity index (χ1v) is 10.4. The number of rotatable bonds is 7. The maximum atomic E-state index is 12.4. The molecular weight excluding hydrogens is 392 g/mol. The molecule has 3 aromatic rings. The fraction of sp³-hybridized carbons (Fsp3) is 0.211. The highest BCUT2D eigenvalue weighted by Gasteiger charge is 2.13. The van der Waals surface area contributed by atoms with Gasteiger partial charge in [0.05, 0.1) is 28.9 Å². The van der Waals surface area contributed by atoms with Gasteiger partial charge in [0.15, 0.2) is 0 Å². The highest BCUT2D eigenvalue weighted by molar-refractivity contribution is 8.00. The molecule has 0 atom stereocenters. The highest BCUT2D eigenvalue weighted by Crippen LogP contribution is 2.27. The summed E-state index contributed by atoms with van der Waals surface area (Å²) in [4.78, 5) is 13.3. The Labute approximate surface area is 171 Å². The van der Waals surface area contributed by atoms with Crippen LogP contribution in [0.25, 0.3) is 5.69 Å². The summed E-state index contributed by atoms with van der Waals surface area (Å²) >= 11 is 2.65. The van der Waals surface area contributed by atoms with Crippen LogP contribution < -0.4 is 5.32 Å². The molecule has 0 radical (unpaired) electrons. The Morgan fingerprint density at radius 2 is 2.00 bits per heavy atom. The average molecular weight is 411 g/mol. The molecule has 3 rings (SSSR count). The molecule has 0 unspecified atom stereocenters. The molecule has 0 aliphatic rings. The predicted octanol–water partition coefficient (Wildman–Crippen LogP) is 3.63. The number of amides is 1. The lowest BCUT2D eigenvalue weighted by molar-refractivity contribution is -0.113. The molecule has 7 nitrogen and oxygen atoms in total. The van der Waals surface area contributed by atoms with Crippen molar-refractivity contribution < 1.29 is 4.79 Å². The van der Waals surface area contributed by atoms with E-state index in [1.165, 1.54) is 29.1 Å². The van der Waals surface area contributed by atoms with Crippen LogP contribution in [0.5, 0.6) is 0 Å². The van der Waals surface area contributed by atoms with Crippen molar-refractivity contribution in [2.75, 3.05) is 16.8 Å². The Kier molecular flexibility index (Phi) is 6.68. The number of thioether (sulfide) groups is 2. The third-order valence-electron chi connectivity index (χ3n) is 3.96. The van der Waals surface area contributed by atoms with Gasteiger partial charge in [-0.25, -0.2) is 0 Å². The molecule has 0 aliphatic carbocycles. The lowest BCUT2D eigenvalue weighted by Gasteiger charge is -2.10. The van der Waals surface area contributed by atoms with Crippen LogP contribution in [0, 0.1) is 25.2 Å². The lowest BCUT2D eigenvalue weighted by Crippen LogP contribution is -2.15. The molecule has 1 N–H and O–H groups in total. The van der Waals surface area contributed by atoms with Crippen LogP contribution >= 0.6 is 23.5 Å². The van der Waals surface area contributed by atoms with E-state index in [0.717, 1.165) is 16.1 Å². The van der Waals surface area contributed by atoms with Gasteiger partial charge in [-0.05, 0) is 59.7 Å². The maximum absolute atomic E-state index is 12.4. The zero-order chi connectivity index (χ0) is 19.9. The van der Waals surface area contributed by atoms with E-state index in [4.69, 9.17) is 5.26 Å². The number of nitrogens with zero attached hydrogens (tertiary/aromatic N) is 5. The van der Waals surface area contributed by atoms with Crippen molar-refractivity contribution in [1.29, 1.82) is 5.26 Å². The minimum atomic E-state index is -0.162. The van der Waals surface area contributed by atoms with E-state index in [2.05, 4.69) is 26.9 Å². The first kappa shape index (κ1) is 19.9. The van der Waals surface area contributed by atoms with Crippen LogP contribution in [0.2, 0.25) is 0 Å². The Morgan fingerprint density at radius 1 is 1.18 bits per heavy atom. The Bertz CT molecular complexity index is 1030. The minimum absolute atomic E-state index is 0.162. The molecule has 0 saturated carbocycles. The molecule has 0 fully saturated rings. The number of carbonyl (C=O) groups excluding carboxylic acids is 1. The molecule has 142 valence electrons. The van der Waals surface area contributed by atoms with Gasteiger partial charge in [-0.15, -0.1) is 16.9 Å². The van der Waals surface area contributed by atoms with Crippen LogP contribution in [0.4, 0.5) is 5.69 Å². The SMILES string of the molecule is Cc1ccc(-n2nnnc2SCC(=O)Nc2ccccc2SCC#N)cc1C. The summed E-state index contributed by atoms with van der Waals surface area (Å²) < 4.78 is 1.63. The van der Waals surface area contributed by atoms with Gasteiger partial charge < -0.3 is 5.32 Å². The summed E-state index contributed by atoms with van der Waals surface area (Å²) in [5.41, 5.74) is 3.89. The van der Waals surface area contributed by atoms with Crippen LogP contribution in [0.1, 0.15) is 11.1 Å². The number of nitrogens with one attached hydrogen (secondary N) is 1. The second-order valence-electron chi connectivity index (χ2n) is 5.92. The second kappa shape index (κ2) is 9.39. The molecule has 28 heavy (non-hydrogen) atoms. The van der Waals surface area contributed by atoms with Crippen molar-refractivity contribution in [1.82, 2.24) is 20.2 Å². The summed E-state index contributed by atoms with van der Waals surface area (Å²) in [7, 11) is 0. The summed E-state index contributed by atoms with van der Waals surface area (Å²) in [6, 6.07) is 15.5. The first-order chi connectivity index (χ1) is 13.6. The first-order valence-electron chi connectivity index (χ1n) is 8.46. The fourth-order valence-electron chi connectivity index (χ4n) is 2.41. The van der Waals surface area contributed by atoms with Gasteiger partial charge in [-0.3, -0.25) is 4.79 Å². The van der Waals surface area contributed by atoms with E-state index in [1.807, 2.05) is 56.3 Å². The Balaban J connectivity index is 1.66. The van der Waals surface area contributed by atoms with Gasteiger partial charge in [0.2, 0.25) is 11.1 Å². The molecule has 1 amide bonds.